The first-order chi connectivity index (χ1) is 12.0. The van der Waals surface area contributed by atoms with E-state index in [0.717, 1.165) is 21.1 Å². The molecule has 0 atom stereocenters. The van der Waals surface area contributed by atoms with E-state index in [-0.39, 0.29) is 12.5 Å². The lowest BCUT2D eigenvalue weighted by Crippen LogP contribution is -2.11. The number of carbonyl (C=O) groups is 1. The molecule has 1 amide bonds. The third-order valence-corrected chi connectivity index (χ3v) is 5.29. The van der Waals surface area contributed by atoms with Crippen molar-refractivity contribution < 1.29 is 14.3 Å². The molecule has 0 bridgehead atoms. The van der Waals surface area contributed by atoms with Gasteiger partial charge in [0.05, 0.1) is 17.4 Å². The number of aromatic nitrogens is 2. The van der Waals surface area contributed by atoms with E-state index < -0.39 is 0 Å². The van der Waals surface area contributed by atoms with Crippen molar-refractivity contribution in [1.29, 1.82) is 0 Å². The van der Waals surface area contributed by atoms with Crippen LogP contribution in [-0.4, -0.2) is 30.1 Å². The van der Waals surface area contributed by atoms with Gasteiger partial charge >= 0.3 is 0 Å². The number of anilines is 1. The van der Waals surface area contributed by atoms with E-state index >= 15 is 0 Å². The van der Waals surface area contributed by atoms with Gasteiger partial charge in [-0.2, -0.15) is 4.98 Å². The number of amides is 1. The van der Waals surface area contributed by atoms with Gasteiger partial charge in [-0.1, -0.05) is 15.9 Å². The van der Waals surface area contributed by atoms with E-state index in [1.54, 1.807) is 14.2 Å². The van der Waals surface area contributed by atoms with Gasteiger partial charge in [-0.3, -0.25) is 4.79 Å². The van der Waals surface area contributed by atoms with Crippen molar-refractivity contribution >= 4 is 49.1 Å². The summed E-state index contributed by atoms with van der Waals surface area (Å²) in [5.41, 5.74) is 1.53. The van der Waals surface area contributed by atoms with Gasteiger partial charge in [-0.15, -0.1) is 11.3 Å². The molecular formula is C17H16BrN3O3S. The first kappa shape index (κ1) is 17.8. The van der Waals surface area contributed by atoms with Crippen LogP contribution in [0.5, 0.6) is 5.88 Å². The topological polar surface area (TPSA) is 73.3 Å². The smallest absolute Gasteiger partial charge is 0.266 e. The molecule has 0 aliphatic carbocycles. The van der Waals surface area contributed by atoms with Crippen LogP contribution in [0.2, 0.25) is 0 Å². The van der Waals surface area contributed by atoms with Crippen molar-refractivity contribution in [2.24, 2.45) is 0 Å². The number of rotatable bonds is 5. The number of thiophene rings is 1. The Kier molecular flexibility index (Phi) is 5.31. The fraction of sp³-hybridized carbons (Fsp3) is 0.235. The number of halogens is 1. The van der Waals surface area contributed by atoms with E-state index in [1.165, 1.54) is 11.3 Å². The molecule has 1 aromatic carbocycles. The molecule has 25 heavy (non-hydrogen) atoms. The third kappa shape index (κ3) is 3.65. The molecule has 0 saturated carbocycles. The Morgan fingerprint density at radius 3 is 2.60 bits per heavy atom. The quantitative estimate of drug-likeness (QED) is 0.668. The molecule has 0 radical (unpaired) electrons. The predicted molar refractivity (Wildman–Crippen MR) is 102 cm³/mol. The molecule has 0 aliphatic rings. The van der Waals surface area contributed by atoms with Gasteiger partial charge in [0.2, 0.25) is 5.88 Å². The van der Waals surface area contributed by atoms with Gasteiger partial charge in [0.15, 0.2) is 5.82 Å². The second-order valence-corrected chi connectivity index (χ2v) is 7.19. The summed E-state index contributed by atoms with van der Waals surface area (Å²) in [5, 5.41) is 3.66. The molecule has 3 rings (SSSR count). The molecule has 0 saturated heterocycles. The van der Waals surface area contributed by atoms with E-state index in [1.807, 2.05) is 31.2 Å². The number of methoxy groups -OCH3 is 2. The molecule has 0 aliphatic heterocycles. The van der Waals surface area contributed by atoms with E-state index in [4.69, 9.17) is 9.47 Å². The lowest BCUT2D eigenvalue weighted by Gasteiger charge is -2.05. The van der Waals surface area contributed by atoms with E-state index in [0.29, 0.717) is 21.4 Å². The molecular weight excluding hydrogens is 406 g/mol. The van der Waals surface area contributed by atoms with Crippen molar-refractivity contribution in [2.45, 2.75) is 13.5 Å². The Morgan fingerprint density at radius 1 is 1.24 bits per heavy atom. The standard InChI is InChI=1S/C17H16BrN3O3S/c1-9-13-16(24-3)20-12(8-23-2)21-17(13)25-14(9)15(22)19-11-6-4-10(18)5-7-11/h4-7H,8H2,1-3H3,(H,19,22). The maximum atomic E-state index is 12.7. The number of aryl methyl sites for hydroxylation is 1. The number of nitrogens with one attached hydrogen (secondary N) is 1. The summed E-state index contributed by atoms with van der Waals surface area (Å²) in [6.45, 7) is 2.15. The normalized spacial score (nSPS) is 10.9. The Bertz CT molecular complexity index is 925. The van der Waals surface area contributed by atoms with Crippen molar-refractivity contribution in [3.63, 3.8) is 0 Å². The summed E-state index contributed by atoms with van der Waals surface area (Å²) >= 11 is 4.69. The summed E-state index contributed by atoms with van der Waals surface area (Å²) in [7, 11) is 3.13. The molecule has 130 valence electrons. The molecule has 6 nitrogen and oxygen atoms in total. The van der Waals surface area contributed by atoms with Crippen LogP contribution in [0.3, 0.4) is 0 Å². The van der Waals surface area contributed by atoms with Gasteiger partial charge in [-0.25, -0.2) is 4.98 Å². The van der Waals surface area contributed by atoms with Crippen LogP contribution in [0, 0.1) is 6.92 Å². The Balaban J connectivity index is 1.99. The SMILES string of the molecule is COCc1nc(OC)c2c(C)c(C(=O)Nc3ccc(Br)cc3)sc2n1. The van der Waals surface area contributed by atoms with Crippen LogP contribution in [0.25, 0.3) is 10.2 Å². The zero-order chi connectivity index (χ0) is 18.0. The second kappa shape index (κ2) is 7.47. The molecule has 1 N–H and O–H groups in total. The lowest BCUT2D eigenvalue weighted by atomic mass is 10.2. The van der Waals surface area contributed by atoms with Crippen LogP contribution in [0.15, 0.2) is 28.7 Å². The maximum absolute atomic E-state index is 12.7. The minimum absolute atomic E-state index is 0.182. The highest BCUT2D eigenvalue weighted by Gasteiger charge is 2.21. The molecule has 3 aromatic rings. The number of ether oxygens (including phenoxy) is 2. The van der Waals surface area contributed by atoms with Crippen LogP contribution >= 0.6 is 27.3 Å². The summed E-state index contributed by atoms with van der Waals surface area (Å²) < 4.78 is 11.4. The minimum Gasteiger partial charge on any atom is -0.480 e. The second-order valence-electron chi connectivity index (χ2n) is 5.28. The molecule has 2 aromatic heterocycles. The van der Waals surface area contributed by atoms with Gasteiger partial charge in [0.25, 0.3) is 5.91 Å². The summed E-state index contributed by atoms with van der Waals surface area (Å²) in [4.78, 5) is 22.8. The number of hydrogen-bond acceptors (Lipinski definition) is 6. The molecule has 2 heterocycles. The highest BCUT2D eigenvalue weighted by atomic mass is 79.9. The fourth-order valence-electron chi connectivity index (χ4n) is 2.42. The monoisotopic (exact) mass is 421 g/mol. The number of carbonyl (C=O) groups excluding carboxylic acids is 1. The number of benzene rings is 1. The predicted octanol–water partition coefficient (Wildman–Crippen LogP) is 4.17. The van der Waals surface area contributed by atoms with Crippen LogP contribution in [-0.2, 0) is 11.3 Å². The summed E-state index contributed by atoms with van der Waals surface area (Å²) in [6, 6.07) is 7.42. The Hall–Kier alpha value is -2.03. The summed E-state index contributed by atoms with van der Waals surface area (Å²) in [6.07, 6.45) is 0. The van der Waals surface area contributed by atoms with Crippen LogP contribution in [0.4, 0.5) is 5.69 Å². The van der Waals surface area contributed by atoms with Crippen LogP contribution < -0.4 is 10.1 Å². The van der Waals surface area contributed by atoms with Gasteiger partial charge in [-0.05, 0) is 36.8 Å². The fourth-order valence-corrected chi connectivity index (χ4v) is 3.77. The molecule has 0 spiro atoms. The third-order valence-electron chi connectivity index (χ3n) is 3.58. The molecule has 8 heteroatoms. The highest BCUT2D eigenvalue weighted by molar-refractivity contribution is 9.10. The average Bonchev–Trinajstić information content (AvgIpc) is 2.93. The lowest BCUT2D eigenvalue weighted by molar-refractivity contribution is 0.103. The molecule has 0 fully saturated rings. The zero-order valence-corrected chi connectivity index (χ0v) is 16.3. The van der Waals surface area contributed by atoms with Crippen molar-refractivity contribution in [3.05, 3.63) is 45.0 Å². The maximum Gasteiger partial charge on any atom is 0.266 e. The van der Waals surface area contributed by atoms with Gasteiger partial charge in [0, 0.05) is 17.3 Å². The van der Waals surface area contributed by atoms with Crippen molar-refractivity contribution in [3.8, 4) is 5.88 Å². The van der Waals surface area contributed by atoms with Crippen LogP contribution in [0.1, 0.15) is 21.1 Å². The number of nitrogens with zero attached hydrogens (tertiary/aromatic N) is 2. The number of fused-ring (bicyclic) bond motifs is 1. The Morgan fingerprint density at radius 2 is 1.96 bits per heavy atom. The van der Waals surface area contributed by atoms with Gasteiger partial charge < -0.3 is 14.8 Å². The highest BCUT2D eigenvalue weighted by Crippen LogP contribution is 2.35. The number of hydrogen-bond donors (Lipinski definition) is 1. The molecule has 0 unspecified atom stereocenters. The largest absolute Gasteiger partial charge is 0.480 e. The first-order valence-corrected chi connectivity index (χ1v) is 9.04. The van der Waals surface area contributed by atoms with Gasteiger partial charge in [0.1, 0.15) is 11.4 Å². The zero-order valence-electron chi connectivity index (χ0n) is 13.9. The minimum atomic E-state index is -0.182. The van der Waals surface area contributed by atoms with Crippen molar-refractivity contribution in [1.82, 2.24) is 9.97 Å². The average molecular weight is 422 g/mol. The van der Waals surface area contributed by atoms with Crippen molar-refractivity contribution in [2.75, 3.05) is 19.5 Å². The Labute approximate surface area is 157 Å². The van der Waals surface area contributed by atoms with E-state index in [9.17, 15) is 4.79 Å². The summed E-state index contributed by atoms with van der Waals surface area (Å²) in [5.74, 6) is 0.791. The van der Waals surface area contributed by atoms with E-state index in [2.05, 4.69) is 31.2 Å². The first-order valence-electron chi connectivity index (χ1n) is 7.43.